The lowest BCUT2D eigenvalue weighted by Gasteiger charge is -2.14. The Morgan fingerprint density at radius 3 is 2.43 bits per heavy atom. The van der Waals surface area contributed by atoms with E-state index < -0.39 is 10.0 Å². The van der Waals surface area contributed by atoms with Gasteiger partial charge in [-0.25, -0.2) is 13.6 Å². The molecule has 0 aliphatic heterocycles. The number of ether oxygens (including phenoxy) is 1. The second kappa shape index (κ2) is 6.91. The van der Waals surface area contributed by atoms with E-state index in [9.17, 15) is 13.2 Å². The Balaban J connectivity index is 2.74. The third kappa shape index (κ3) is 5.02. The molecule has 118 valence electrons. The van der Waals surface area contributed by atoms with Crippen LogP contribution in [0.1, 0.15) is 31.4 Å². The van der Waals surface area contributed by atoms with Gasteiger partial charge in [-0.1, -0.05) is 0 Å². The van der Waals surface area contributed by atoms with Gasteiger partial charge in [0.05, 0.1) is 17.9 Å². The smallest absolute Gasteiger partial charge is 0.238 e. The van der Waals surface area contributed by atoms with Gasteiger partial charge in [-0.15, -0.1) is 0 Å². The summed E-state index contributed by atoms with van der Waals surface area (Å²) in [7, 11) is -3.74. The van der Waals surface area contributed by atoms with Gasteiger partial charge in [0.25, 0.3) is 0 Å². The zero-order valence-electron chi connectivity index (χ0n) is 12.8. The van der Waals surface area contributed by atoms with E-state index in [0.29, 0.717) is 16.9 Å². The molecule has 0 spiro atoms. The summed E-state index contributed by atoms with van der Waals surface area (Å²) in [4.78, 5) is 11.6. The average molecular weight is 314 g/mol. The highest BCUT2D eigenvalue weighted by molar-refractivity contribution is 7.89. The van der Waals surface area contributed by atoms with Gasteiger partial charge in [0, 0.05) is 6.04 Å². The van der Waals surface area contributed by atoms with E-state index in [4.69, 9.17) is 9.88 Å². The third-order valence-corrected chi connectivity index (χ3v) is 4.09. The fraction of sp³-hybridized carbons (Fsp3) is 0.500. The molecule has 0 fully saturated rings. The van der Waals surface area contributed by atoms with Gasteiger partial charge in [0.2, 0.25) is 15.9 Å². The Morgan fingerprint density at radius 2 is 1.90 bits per heavy atom. The second-order valence-corrected chi connectivity index (χ2v) is 6.71. The van der Waals surface area contributed by atoms with Gasteiger partial charge >= 0.3 is 0 Å². The predicted molar refractivity (Wildman–Crippen MR) is 80.7 cm³/mol. The number of sulfonamides is 1. The molecular weight excluding hydrogens is 292 g/mol. The van der Waals surface area contributed by atoms with E-state index >= 15 is 0 Å². The van der Waals surface area contributed by atoms with E-state index in [-0.39, 0.29) is 29.9 Å². The Labute approximate surface area is 125 Å². The number of carbonyl (C=O) groups is 1. The van der Waals surface area contributed by atoms with E-state index in [1.54, 1.807) is 19.9 Å². The number of benzene rings is 1. The van der Waals surface area contributed by atoms with Crippen LogP contribution in [0.4, 0.5) is 0 Å². The maximum absolute atomic E-state index is 11.5. The summed E-state index contributed by atoms with van der Waals surface area (Å²) in [5, 5.41) is 7.91. The monoisotopic (exact) mass is 314 g/mol. The standard InChI is InChI=1S/C14H22N2O4S/c1-9(2)16-14(17)7-8-20-12-5-6-13(21(15,18)19)11(4)10(12)3/h5-6,9H,7-8H2,1-4H3,(H,16,17)(H2,15,18,19). The molecular formula is C14H22N2O4S. The molecule has 1 aromatic carbocycles. The molecule has 21 heavy (non-hydrogen) atoms. The van der Waals surface area contributed by atoms with Gasteiger partial charge in [-0.2, -0.15) is 0 Å². The van der Waals surface area contributed by atoms with E-state index in [0.717, 1.165) is 0 Å². The van der Waals surface area contributed by atoms with Crippen molar-refractivity contribution < 1.29 is 17.9 Å². The van der Waals surface area contributed by atoms with Gasteiger partial charge in [-0.3, -0.25) is 4.79 Å². The van der Waals surface area contributed by atoms with Crippen LogP contribution >= 0.6 is 0 Å². The summed E-state index contributed by atoms with van der Waals surface area (Å²) in [6.45, 7) is 7.44. The highest BCUT2D eigenvalue weighted by atomic mass is 32.2. The summed E-state index contributed by atoms with van der Waals surface area (Å²) in [6.07, 6.45) is 0.244. The molecule has 0 heterocycles. The zero-order valence-corrected chi connectivity index (χ0v) is 13.6. The quantitative estimate of drug-likeness (QED) is 0.825. The van der Waals surface area contributed by atoms with Crippen LogP contribution in [0.15, 0.2) is 17.0 Å². The van der Waals surface area contributed by atoms with Crippen molar-refractivity contribution in [3.8, 4) is 5.75 Å². The van der Waals surface area contributed by atoms with Crippen LogP contribution < -0.4 is 15.2 Å². The number of primary sulfonamides is 1. The molecule has 7 heteroatoms. The van der Waals surface area contributed by atoms with Crippen molar-refractivity contribution in [1.29, 1.82) is 0 Å². The number of hydrogen-bond acceptors (Lipinski definition) is 4. The van der Waals surface area contributed by atoms with Gasteiger partial charge in [-0.05, 0) is 51.0 Å². The lowest BCUT2D eigenvalue weighted by Crippen LogP contribution is -2.31. The summed E-state index contributed by atoms with van der Waals surface area (Å²) < 4.78 is 28.4. The molecule has 0 aromatic heterocycles. The number of carbonyl (C=O) groups excluding carboxylic acids is 1. The van der Waals surface area contributed by atoms with E-state index in [1.807, 2.05) is 13.8 Å². The highest BCUT2D eigenvalue weighted by Crippen LogP contribution is 2.26. The molecule has 0 saturated heterocycles. The molecule has 1 rings (SSSR count). The average Bonchev–Trinajstić information content (AvgIpc) is 2.32. The molecule has 6 nitrogen and oxygen atoms in total. The van der Waals surface area contributed by atoms with Crippen LogP contribution in [-0.2, 0) is 14.8 Å². The Morgan fingerprint density at radius 1 is 1.29 bits per heavy atom. The van der Waals surface area contributed by atoms with Crippen molar-refractivity contribution in [2.75, 3.05) is 6.61 Å². The fourth-order valence-corrected chi connectivity index (χ4v) is 2.72. The van der Waals surface area contributed by atoms with Crippen LogP contribution in [-0.4, -0.2) is 27.0 Å². The first-order chi connectivity index (χ1) is 9.62. The van der Waals surface area contributed by atoms with Crippen LogP contribution in [0.5, 0.6) is 5.75 Å². The van der Waals surface area contributed by atoms with Gasteiger partial charge < -0.3 is 10.1 Å². The zero-order chi connectivity index (χ0) is 16.2. The van der Waals surface area contributed by atoms with Crippen molar-refractivity contribution in [2.45, 2.75) is 45.1 Å². The molecule has 3 N–H and O–H groups in total. The number of nitrogens with one attached hydrogen (secondary N) is 1. The normalized spacial score (nSPS) is 11.5. The first kappa shape index (κ1) is 17.5. The Kier molecular flexibility index (Phi) is 5.74. The first-order valence-corrected chi connectivity index (χ1v) is 8.22. The van der Waals surface area contributed by atoms with E-state index in [1.165, 1.54) is 6.07 Å². The minimum absolute atomic E-state index is 0.0828. The number of hydrogen-bond donors (Lipinski definition) is 2. The van der Waals surface area contributed by atoms with Crippen molar-refractivity contribution in [2.24, 2.45) is 5.14 Å². The molecule has 0 saturated carbocycles. The van der Waals surface area contributed by atoms with Crippen LogP contribution in [0, 0.1) is 13.8 Å². The van der Waals surface area contributed by atoms with Crippen molar-refractivity contribution in [1.82, 2.24) is 5.32 Å². The van der Waals surface area contributed by atoms with Crippen LogP contribution in [0.3, 0.4) is 0 Å². The lowest BCUT2D eigenvalue weighted by atomic mass is 10.1. The van der Waals surface area contributed by atoms with E-state index in [2.05, 4.69) is 5.32 Å². The minimum Gasteiger partial charge on any atom is -0.493 e. The maximum atomic E-state index is 11.5. The highest BCUT2D eigenvalue weighted by Gasteiger charge is 2.15. The topological polar surface area (TPSA) is 98.5 Å². The molecule has 0 unspecified atom stereocenters. The first-order valence-electron chi connectivity index (χ1n) is 6.68. The summed E-state index contributed by atoms with van der Waals surface area (Å²) in [6, 6.07) is 3.07. The molecule has 0 radical (unpaired) electrons. The van der Waals surface area contributed by atoms with Crippen molar-refractivity contribution in [3.63, 3.8) is 0 Å². The lowest BCUT2D eigenvalue weighted by molar-refractivity contribution is -0.122. The SMILES string of the molecule is Cc1c(OCCC(=O)NC(C)C)ccc(S(N)(=O)=O)c1C. The van der Waals surface area contributed by atoms with Gasteiger partial charge in [0.15, 0.2) is 0 Å². The van der Waals surface area contributed by atoms with Crippen LogP contribution in [0.2, 0.25) is 0 Å². The maximum Gasteiger partial charge on any atom is 0.238 e. The molecule has 1 amide bonds. The largest absolute Gasteiger partial charge is 0.493 e. The summed E-state index contributed by atoms with van der Waals surface area (Å²) >= 11 is 0. The van der Waals surface area contributed by atoms with Crippen molar-refractivity contribution >= 4 is 15.9 Å². The molecule has 0 atom stereocenters. The third-order valence-electron chi connectivity index (χ3n) is 3.03. The fourth-order valence-electron chi connectivity index (χ4n) is 1.88. The minimum atomic E-state index is -3.74. The summed E-state index contributed by atoms with van der Waals surface area (Å²) in [5.74, 6) is 0.470. The Bertz CT molecular complexity index is 624. The molecule has 1 aromatic rings. The summed E-state index contributed by atoms with van der Waals surface area (Å²) in [5.41, 5.74) is 1.26. The van der Waals surface area contributed by atoms with Crippen molar-refractivity contribution in [3.05, 3.63) is 23.3 Å². The number of amides is 1. The molecule has 0 bridgehead atoms. The number of rotatable bonds is 6. The van der Waals surface area contributed by atoms with Crippen LogP contribution in [0.25, 0.3) is 0 Å². The Hall–Kier alpha value is -1.60. The number of nitrogens with two attached hydrogens (primary N) is 1. The van der Waals surface area contributed by atoms with Gasteiger partial charge in [0.1, 0.15) is 5.75 Å². The second-order valence-electron chi connectivity index (χ2n) is 5.18. The molecule has 0 aliphatic carbocycles. The molecule has 0 aliphatic rings. The predicted octanol–water partition coefficient (Wildman–Crippen LogP) is 1.24.